The molecule has 0 aliphatic heterocycles. The number of sulfonamides is 1. The lowest BCUT2D eigenvalue weighted by atomic mass is 10.0. The van der Waals surface area contributed by atoms with Gasteiger partial charge in [-0.05, 0) is 36.7 Å². The minimum absolute atomic E-state index is 0.317. The Morgan fingerprint density at radius 3 is 2.24 bits per heavy atom. The fourth-order valence-corrected chi connectivity index (χ4v) is 5.00. The van der Waals surface area contributed by atoms with E-state index in [1.807, 2.05) is 12.1 Å². The second kappa shape index (κ2) is 6.20. The van der Waals surface area contributed by atoms with E-state index in [0.29, 0.717) is 17.0 Å². The van der Waals surface area contributed by atoms with Crippen LogP contribution in [0.2, 0.25) is 13.1 Å². The van der Waals surface area contributed by atoms with Crippen LogP contribution in [0.15, 0.2) is 29.2 Å². The maximum Gasteiger partial charge on any atom is 0.293 e. The Kier molecular flexibility index (Phi) is 5.42. The van der Waals surface area contributed by atoms with Crippen LogP contribution in [-0.2, 0) is 10.0 Å². The first-order chi connectivity index (χ1) is 9.37. The van der Waals surface area contributed by atoms with Crippen LogP contribution < -0.4 is 4.72 Å². The smallest absolute Gasteiger partial charge is 0.293 e. The summed E-state index contributed by atoms with van der Waals surface area (Å²) in [4.78, 5) is 0.361. The van der Waals surface area contributed by atoms with Gasteiger partial charge in [0.25, 0.3) is 8.24 Å². The predicted octanol–water partition coefficient (Wildman–Crippen LogP) is 2.54. The average Bonchev–Trinajstić information content (AvgIpc) is 2.35. The van der Waals surface area contributed by atoms with Crippen molar-refractivity contribution in [2.24, 2.45) is 0 Å². The molecule has 0 bridgehead atoms. The fourth-order valence-electron chi connectivity index (χ4n) is 1.63. The number of hydrogen-bond acceptors (Lipinski definition) is 2. The molecule has 0 atom stereocenters. The molecule has 0 spiro atoms. The van der Waals surface area contributed by atoms with Gasteiger partial charge in [0.15, 0.2) is 0 Å². The van der Waals surface area contributed by atoms with Crippen LogP contribution in [-0.4, -0.2) is 48.1 Å². The summed E-state index contributed by atoms with van der Waals surface area (Å²) in [5.41, 5.74) is 1.04. The molecule has 120 valence electrons. The molecule has 1 N–H and O–H groups in total. The number of quaternary nitrogens is 1. The van der Waals surface area contributed by atoms with E-state index in [1.54, 1.807) is 12.1 Å². The van der Waals surface area contributed by atoms with Crippen LogP contribution in [0.25, 0.3) is 0 Å². The molecule has 0 saturated carbocycles. The van der Waals surface area contributed by atoms with Crippen LogP contribution in [0.4, 0.5) is 0 Å². The van der Waals surface area contributed by atoms with Gasteiger partial charge in [0, 0.05) is 0 Å². The molecule has 0 amide bonds. The van der Waals surface area contributed by atoms with Gasteiger partial charge in [-0.3, -0.25) is 0 Å². The van der Waals surface area contributed by atoms with Crippen molar-refractivity contribution >= 4 is 18.3 Å². The van der Waals surface area contributed by atoms with E-state index < -0.39 is 18.3 Å². The molecule has 0 aromatic heterocycles. The predicted molar refractivity (Wildman–Crippen MR) is 91.2 cm³/mol. The van der Waals surface area contributed by atoms with Crippen LogP contribution in [0.1, 0.15) is 25.3 Å². The van der Waals surface area contributed by atoms with E-state index in [-0.39, 0.29) is 0 Å². The fraction of sp³-hybridized carbons (Fsp3) is 0.600. The molecule has 0 fully saturated rings. The molecule has 0 radical (unpaired) electrons. The summed E-state index contributed by atoms with van der Waals surface area (Å²) < 4.78 is 28.6. The monoisotopic (exact) mass is 329 g/mol. The molecule has 1 aromatic rings. The molecular weight excluding hydrogens is 300 g/mol. The number of nitrogens with one attached hydrogen (secondary N) is 1. The lowest BCUT2D eigenvalue weighted by Gasteiger charge is -2.39. The molecule has 0 saturated heterocycles. The maximum absolute atomic E-state index is 12.5. The van der Waals surface area contributed by atoms with Gasteiger partial charge in [-0.2, -0.15) is 0 Å². The van der Waals surface area contributed by atoms with Crippen molar-refractivity contribution in [2.75, 3.05) is 27.3 Å². The van der Waals surface area contributed by atoms with E-state index in [9.17, 15) is 8.42 Å². The third-order valence-corrected chi connectivity index (χ3v) is 10.7. The Morgan fingerprint density at radius 1 is 1.19 bits per heavy atom. The highest BCUT2D eigenvalue weighted by Crippen LogP contribution is 2.19. The second-order valence-electron chi connectivity index (χ2n) is 7.38. The van der Waals surface area contributed by atoms with Gasteiger partial charge in [0.1, 0.15) is 0 Å². The normalized spacial score (nSPS) is 13.7. The minimum atomic E-state index is -3.44. The largest absolute Gasteiger partial charge is 0.390 e. The van der Waals surface area contributed by atoms with Gasteiger partial charge in [-0.1, -0.05) is 26.0 Å². The molecule has 0 heterocycles. The molecule has 6 heteroatoms. The highest BCUT2D eigenvalue weighted by molar-refractivity contribution is 7.89. The Hall–Kier alpha value is -0.693. The van der Waals surface area contributed by atoms with Crippen LogP contribution in [0, 0.1) is 0 Å². The standard InChI is InChI=1S/C15H29N2O2SSi/c1-13(2)14-9-8-10-15(11-14)20(18,19)16-12-21(6,7)17(3,4)5/h8-11,13,16H,12H2,1-7H3/q+1. The third-order valence-electron chi connectivity index (χ3n) is 4.35. The SMILES string of the molecule is CC(C)c1cccc(S(=O)(=O)NC[Si](C)(C)[N+](C)(C)C)c1. The zero-order valence-corrected chi connectivity index (χ0v) is 16.1. The van der Waals surface area contributed by atoms with Crippen molar-refractivity contribution in [2.45, 2.75) is 37.8 Å². The van der Waals surface area contributed by atoms with Gasteiger partial charge in [0.05, 0.1) is 32.2 Å². The zero-order valence-electron chi connectivity index (χ0n) is 14.3. The summed E-state index contributed by atoms with van der Waals surface area (Å²) in [6.45, 7) is 8.51. The van der Waals surface area contributed by atoms with E-state index in [1.165, 1.54) is 0 Å². The lowest BCUT2D eigenvalue weighted by Crippen LogP contribution is -2.63. The van der Waals surface area contributed by atoms with Gasteiger partial charge >= 0.3 is 0 Å². The highest BCUT2D eigenvalue weighted by Gasteiger charge is 2.39. The molecule has 21 heavy (non-hydrogen) atoms. The van der Waals surface area contributed by atoms with Crippen molar-refractivity contribution in [3.05, 3.63) is 29.8 Å². The molecule has 0 aliphatic carbocycles. The molecule has 1 rings (SSSR count). The number of rotatable bonds is 6. The summed E-state index contributed by atoms with van der Waals surface area (Å²) in [6.07, 6.45) is 0.532. The third kappa shape index (κ3) is 4.64. The van der Waals surface area contributed by atoms with Gasteiger partial charge in [-0.25, -0.2) is 13.1 Å². The first kappa shape index (κ1) is 18.4. The topological polar surface area (TPSA) is 46.2 Å². The molecule has 0 unspecified atom stereocenters. The quantitative estimate of drug-likeness (QED) is 0.815. The zero-order chi connectivity index (χ0) is 16.5. The molecular formula is C15H29N2O2SSi+. The van der Waals surface area contributed by atoms with Crippen molar-refractivity contribution in [1.29, 1.82) is 0 Å². The highest BCUT2D eigenvalue weighted by atomic mass is 32.2. The summed E-state index contributed by atoms with van der Waals surface area (Å²) in [6, 6.07) is 7.21. The number of benzene rings is 1. The summed E-state index contributed by atoms with van der Waals surface area (Å²) in [5.74, 6) is 0.317. The van der Waals surface area contributed by atoms with Crippen molar-refractivity contribution < 1.29 is 12.6 Å². The molecule has 4 nitrogen and oxygen atoms in total. The molecule has 0 aliphatic rings. The number of nitrogens with zero attached hydrogens (tertiary/aromatic N) is 1. The Morgan fingerprint density at radius 2 is 1.76 bits per heavy atom. The average molecular weight is 330 g/mol. The second-order valence-corrected chi connectivity index (χ2v) is 14.5. The summed E-state index contributed by atoms with van der Waals surface area (Å²) in [7, 11) is 1.20. The van der Waals surface area contributed by atoms with Crippen LogP contribution in [0.5, 0.6) is 0 Å². The van der Waals surface area contributed by atoms with Gasteiger partial charge in [0.2, 0.25) is 10.0 Å². The van der Waals surface area contributed by atoms with Crippen molar-refractivity contribution in [3.8, 4) is 0 Å². The van der Waals surface area contributed by atoms with E-state index >= 15 is 0 Å². The number of hydrogen-bond donors (Lipinski definition) is 1. The van der Waals surface area contributed by atoms with Crippen LogP contribution >= 0.6 is 0 Å². The van der Waals surface area contributed by atoms with Gasteiger partial charge < -0.3 is 4.15 Å². The Bertz CT molecular complexity index is 590. The summed E-state index contributed by atoms with van der Waals surface area (Å²) >= 11 is 0. The maximum atomic E-state index is 12.5. The minimum Gasteiger partial charge on any atom is -0.390 e. The summed E-state index contributed by atoms with van der Waals surface area (Å²) in [5, 5.41) is 0. The van der Waals surface area contributed by atoms with E-state index in [2.05, 4.69) is 52.8 Å². The van der Waals surface area contributed by atoms with Crippen molar-refractivity contribution in [1.82, 2.24) is 4.72 Å². The Labute approximate surface area is 130 Å². The first-order valence-electron chi connectivity index (χ1n) is 7.28. The van der Waals surface area contributed by atoms with Crippen LogP contribution in [0.3, 0.4) is 0 Å². The van der Waals surface area contributed by atoms with E-state index in [0.717, 1.165) is 9.71 Å². The lowest BCUT2D eigenvalue weighted by molar-refractivity contribution is -0.768. The Balaban J connectivity index is 2.96. The molecule has 1 aromatic carbocycles. The van der Waals surface area contributed by atoms with E-state index in [4.69, 9.17) is 0 Å². The van der Waals surface area contributed by atoms with Crippen molar-refractivity contribution in [3.63, 3.8) is 0 Å². The first-order valence-corrected chi connectivity index (χ1v) is 11.9. The van der Waals surface area contributed by atoms with Gasteiger partial charge in [-0.15, -0.1) is 0 Å².